The van der Waals surface area contributed by atoms with E-state index in [4.69, 9.17) is 0 Å². The zero-order chi connectivity index (χ0) is 16.8. The van der Waals surface area contributed by atoms with E-state index in [-0.39, 0.29) is 12.3 Å². The van der Waals surface area contributed by atoms with E-state index in [0.717, 1.165) is 19.3 Å². The first kappa shape index (κ1) is 20.4. The number of carbonyl (C=O) groups excluding carboxylic acids is 3. The maximum absolute atomic E-state index is 11.7. The van der Waals surface area contributed by atoms with E-state index in [0.29, 0.717) is 6.42 Å². The van der Waals surface area contributed by atoms with Gasteiger partial charge in [-0.3, -0.25) is 9.59 Å². The predicted molar refractivity (Wildman–Crippen MR) is 84.7 cm³/mol. The van der Waals surface area contributed by atoms with Crippen molar-refractivity contribution in [2.45, 2.75) is 84.6 Å². The van der Waals surface area contributed by atoms with Crippen molar-refractivity contribution >= 4 is 17.8 Å². The molecule has 0 saturated heterocycles. The summed E-state index contributed by atoms with van der Waals surface area (Å²) >= 11 is 0. The second-order valence-electron chi connectivity index (χ2n) is 5.45. The Morgan fingerprint density at radius 2 is 1.55 bits per heavy atom. The fourth-order valence-corrected chi connectivity index (χ4v) is 1.89. The van der Waals surface area contributed by atoms with E-state index in [2.05, 4.69) is 17.1 Å². The highest BCUT2D eigenvalue weighted by Gasteiger charge is 2.16. The van der Waals surface area contributed by atoms with E-state index in [1.165, 1.54) is 25.7 Å². The van der Waals surface area contributed by atoms with Gasteiger partial charge in [0, 0.05) is 12.8 Å². The highest BCUT2D eigenvalue weighted by molar-refractivity contribution is 5.87. The SMILES string of the molecule is CCCCCCCCCC(=O)N[C@H](C)C(=O)NOC(=O)CC. The highest BCUT2D eigenvalue weighted by atomic mass is 16.7. The minimum Gasteiger partial charge on any atom is -0.344 e. The van der Waals surface area contributed by atoms with Gasteiger partial charge in [0.1, 0.15) is 6.04 Å². The van der Waals surface area contributed by atoms with Gasteiger partial charge in [-0.25, -0.2) is 4.79 Å². The zero-order valence-electron chi connectivity index (χ0n) is 14.1. The molecule has 1 atom stereocenters. The van der Waals surface area contributed by atoms with Crippen LogP contribution >= 0.6 is 0 Å². The molecule has 0 aromatic carbocycles. The number of carbonyl (C=O) groups is 3. The van der Waals surface area contributed by atoms with Crippen molar-refractivity contribution in [2.24, 2.45) is 0 Å². The number of hydrogen-bond acceptors (Lipinski definition) is 4. The van der Waals surface area contributed by atoms with Crippen molar-refractivity contribution in [3.63, 3.8) is 0 Å². The van der Waals surface area contributed by atoms with Gasteiger partial charge in [0.05, 0.1) is 0 Å². The third-order valence-electron chi connectivity index (χ3n) is 3.33. The summed E-state index contributed by atoms with van der Waals surface area (Å²) in [5.74, 6) is -1.21. The van der Waals surface area contributed by atoms with Crippen LogP contribution in [-0.4, -0.2) is 23.8 Å². The van der Waals surface area contributed by atoms with Crippen LogP contribution < -0.4 is 10.8 Å². The minimum absolute atomic E-state index is 0.155. The molecule has 22 heavy (non-hydrogen) atoms. The predicted octanol–water partition coefficient (Wildman–Crippen LogP) is 2.62. The Balaban J connectivity index is 3.68. The van der Waals surface area contributed by atoms with Crippen molar-refractivity contribution in [1.82, 2.24) is 10.8 Å². The Morgan fingerprint density at radius 3 is 2.14 bits per heavy atom. The molecule has 128 valence electrons. The summed E-state index contributed by atoms with van der Waals surface area (Å²) in [6.45, 7) is 5.37. The van der Waals surface area contributed by atoms with Gasteiger partial charge in [0.2, 0.25) is 5.91 Å². The molecule has 6 heteroatoms. The topological polar surface area (TPSA) is 84.5 Å². The Labute approximate surface area is 133 Å². The van der Waals surface area contributed by atoms with Gasteiger partial charge in [0.15, 0.2) is 0 Å². The summed E-state index contributed by atoms with van der Waals surface area (Å²) in [6, 6.07) is -0.721. The van der Waals surface area contributed by atoms with Crippen LogP contribution in [0, 0.1) is 0 Å². The lowest BCUT2D eigenvalue weighted by Crippen LogP contribution is -2.45. The van der Waals surface area contributed by atoms with E-state index < -0.39 is 17.9 Å². The molecule has 0 fully saturated rings. The van der Waals surface area contributed by atoms with Gasteiger partial charge >= 0.3 is 5.97 Å². The molecule has 2 N–H and O–H groups in total. The number of amides is 2. The molecule has 0 bridgehead atoms. The zero-order valence-corrected chi connectivity index (χ0v) is 14.1. The summed E-state index contributed by atoms with van der Waals surface area (Å²) in [5.41, 5.74) is 2.03. The van der Waals surface area contributed by atoms with Crippen LogP contribution in [0.2, 0.25) is 0 Å². The largest absolute Gasteiger partial charge is 0.344 e. The fourth-order valence-electron chi connectivity index (χ4n) is 1.89. The number of hydroxylamine groups is 1. The Kier molecular flexibility index (Phi) is 12.2. The molecule has 0 unspecified atom stereocenters. The fraction of sp³-hybridized carbons (Fsp3) is 0.812. The summed E-state index contributed by atoms with van der Waals surface area (Å²) in [4.78, 5) is 38.7. The first-order valence-electron chi connectivity index (χ1n) is 8.30. The van der Waals surface area contributed by atoms with Gasteiger partial charge in [-0.15, -0.1) is 0 Å². The van der Waals surface area contributed by atoms with Gasteiger partial charge in [-0.05, 0) is 13.3 Å². The van der Waals surface area contributed by atoms with Gasteiger partial charge in [-0.2, -0.15) is 5.48 Å². The molecule has 0 aliphatic heterocycles. The second-order valence-corrected chi connectivity index (χ2v) is 5.45. The standard InChI is InChI=1S/C16H30N2O4/c1-4-6-7-8-9-10-11-12-14(19)17-13(3)16(21)18-22-15(20)5-2/h13H,4-12H2,1-3H3,(H,17,19)(H,18,21)/t13-/m1/s1. The maximum atomic E-state index is 11.7. The molecular formula is C16H30N2O4. The van der Waals surface area contributed by atoms with E-state index in [1.807, 2.05) is 5.48 Å². The summed E-state index contributed by atoms with van der Waals surface area (Å²) in [7, 11) is 0. The number of unbranched alkanes of at least 4 members (excludes halogenated alkanes) is 6. The van der Waals surface area contributed by atoms with E-state index in [9.17, 15) is 14.4 Å². The first-order chi connectivity index (χ1) is 10.5. The molecule has 0 saturated carbocycles. The molecular weight excluding hydrogens is 284 g/mol. The first-order valence-corrected chi connectivity index (χ1v) is 8.30. The molecule has 0 aliphatic carbocycles. The van der Waals surface area contributed by atoms with Gasteiger partial charge < -0.3 is 10.2 Å². The Bertz CT molecular complexity index is 345. The van der Waals surface area contributed by atoms with Crippen LogP contribution in [-0.2, 0) is 19.2 Å². The molecule has 2 amide bonds. The van der Waals surface area contributed by atoms with Crippen molar-refractivity contribution in [3.05, 3.63) is 0 Å². The molecule has 0 heterocycles. The lowest BCUT2D eigenvalue weighted by molar-refractivity contribution is -0.158. The van der Waals surface area contributed by atoms with Crippen LogP contribution in [0.3, 0.4) is 0 Å². The number of hydrogen-bond donors (Lipinski definition) is 2. The van der Waals surface area contributed by atoms with Crippen LogP contribution in [0.5, 0.6) is 0 Å². The molecule has 0 aromatic rings. The van der Waals surface area contributed by atoms with E-state index in [1.54, 1.807) is 13.8 Å². The van der Waals surface area contributed by atoms with Crippen molar-refractivity contribution < 1.29 is 19.2 Å². The summed E-state index contributed by atoms with van der Waals surface area (Å²) in [6.07, 6.45) is 8.59. The van der Waals surface area contributed by atoms with Gasteiger partial charge in [0.25, 0.3) is 5.91 Å². The minimum atomic E-state index is -0.721. The molecule has 0 rings (SSSR count). The lowest BCUT2D eigenvalue weighted by atomic mass is 10.1. The molecule has 6 nitrogen and oxygen atoms in total. The monoisotopic (exact) mass is 314 g/mol. The second kappa shape index (κ2) is 13.1. The molecule has 0 aromatic heterocycles. The number of rotatable bonds is 11. The number of nitrogens with one attached hydrogen (secondary N) is 2. The van der Waals surface area contributed by atoms with E-state index >= 15 is 0 Å². The van der Waals surface area contributed by atoms with Crippen molar-refractivity contribution in [1.29, 1.82) is 0 Å². The van der Waals surface area contributed by atoms with Crippen LogP contribution in [0.4, 0.5) is 0 Å². The average Bonchev–Trinajstić information content (AvgIpc) is 2.51. The quantitative estimate of drug-likeness (QED) is 0.453. The Hall–Kier alpha value is -1.59. The third kappa shape index (κ3) is 11.1. The highest BCUT2D eigenvalue weighted by Crippen LogP contribution is 2.08. The average molecular weight is 314 g/mol. The van der Waals surface area contributed by atoms with Crippen LogP contribution in [0.15, 0.2) is 0 Å². The lowest BCUT2D eigenvalue weighted by Gasteiger charge is -2.13. The molecule has 0 spiro atoms. The van der Waals surface area contributed by atoms with Crippen LogP contribution in [0.1, 0.15) is 78.6 Å². The maximum Gasteiger partial charge on any atom is 0.331 e. The molecule has 0 radical (unpaired) electrons. The molecule has 0 aliphatic rings. The van der Waals surface area contributed by atoms with Crippen molar-refractivity contribution in [3.8, 4) is 0 Å². The van der Waals surface area contributed by atoms with Crippen LogP contribution in [0.25, 0.3) is 0 Å². The smallest absolute Gasteiger partial charge is 0.331 e. The Morgan fingerprint density at radius 1 is 0.955 bits per heavy atom. The summed E-state index contributed by atoms with van der Waals surface area (Å²) < 4.78 is 0. The van der Waals surface area contributed by atoms with Gasteiger partial charge in [-0.1, -0.05) is 52.4 Å². The summed E-state index contributed by atoms with van der Waals surface area (Å²) in [5, 5.41) is 2.59. The normalized spacial score (nSPS) is 11.6. The van der Waals surface area contributed by atoms with Crippen molar-refractivity contribution in [2.75, 3.05) is 0 Å². The third-order valence-corrected chi connectivity index (χ3v) is 3.33.